The van der Waals surface area contributed by atoms with Crippen LogP contribution in [0.25, 0.3) is 5.69 Å². The normalized spacial score (nSPS) is 15.6. The van der Waals surface area contributed by atoms with Gasteiger partial charge in [0.15, 0.2) is 0 Å². The number of nitrogens with zero attached hydrogens (tertiary/aromatic N) is 4. The fourth-order valence-corrected chi connectivity index (χ4v) is 3.10. The maximum absolute atomic E-state index is 13.6. The molecule has 1 aromatic heterocycles. The SMILES string of the molecule is CC(C)c1nc(C(=O)N(C)C2CCNCC2)nn1-c1cccc(F)c1. The summed E-state index contributed by atoms with van der Waals surface area (Å²) < 4.78 is 15.1. The third-order valence-corrected chi connectivity index (χ3v) is 4.57. The van der Waals surface area contributed by atoms with Crippen molar-refractivity contribution in [2.24, 2.45) is 0 Å². The molecule has 2 aromatic rings. The first-order chi connectivity index (χ1) is 12.0. The minimum absolute atomic E-state index is 0.0569. The topological polar surface area (TPSA) is 63.1 Å². The molecule has 0 saturated carbocycles. The summed E-state index contributed by atoms with van der Waals surface area (Å²) >= 11 is 0. The minimum Gasteiger partial charge on any atom is -0.336 e. The van der Waals surface area contributed by atoms with Gasteiger partial charge in [-0.3, -0.25) is 4.79 Å². The lowest BCUT2D eigenvalue weighted by molar-refractivity contribution is 0.0691. The third kappa shape index (κ3) is 3.71. The molecule has 3 rings (SSSR count). The summed E-state index contributed by atoms with van der Waals surface area (Å²) in [6, 6.07) is 6.35. The summed E-state index contributed by atoms with van der Waals surface area (Å²) in [4.78, 5) is 19.0. The van der Waals surface area contributed by atoms with E-state index in [1.54, 1.807) is 28.8 Å². The number of halogens is 1. The summed E-state index contributed by atoms with van der Waals surface area (Å²) in [5, 5.41) is 7.69. The van der Waals surface area contributed by atoms with Gasteiger partial charge in [0, 0.05) is 19.0 Å². The van der Waals surface area contributed by atoms with Crippen LogP contribution in [0.4, 0.5) is 4.39 Å². The van der Waals surface area contributed by atoms with Gasteiger partial charge >= 0.3 is 0 Å². The number of hydrogen-bond donors (Lipinski definition) is 1. The zero-order chi connectivity index (χ0) is 18.0. The lowest BCUT2D eigenvalue weighted by atomic mass is 10.1. The molecule has 2 heterocycles. The largest absolute Gasteiger partial charge is 0.336 e. The van der Waals surface area contributed by atoms with Gasteiger partial charge in [-0.2, -0.15) is 0 Å². The van der Waals surface area contributed by atoms with E-state index < -0.39 is 0 Å². The van der Waals surface area contributed by atoms with E-state index in [4.69, 9.17) is 0 Å². The Kier molecular flexibility index (Phi) is 5.13. The molecule has 1 saturated heterocycles. The van der Waals surface area contributed by atoms with Crippen LogP contribution in [-0.4, -0.2) is 51.8 Å². The number of aromatic nitrogens is 3. The quantitative estimate of drug-likeness (QED) is 0.924. The van der Waals surface area contributed by atoms with Crippen molar-refractivity contribution in [2.75, 3.05) is 20.1 Å². The molecule has 1 aliphatic heterocycles. The molecule has 0 aliphatic carbocycles. The molecule has 1 N–H and O–H groups in total. The maximum Gasteiger partial charge on any atom is 0.293 e. The highest BCUT2D eigenvalue weighted by Gasteiger charge is 2.27. The number of nitrogens with one attached hydrogen (secondary N) is 1. The summed E-state index contributed by atoms with van der Waals surface area (Å²) in [5.74, 6) is 0.328. The molecule has 0 unspecified atom stereocenters. The van der Waals surface area contributed by atoms with Crippen LogP contribution in [0, 0.1) is 5.82 Å². The Morgan fingerprint density at radius 1 is 1.36 bits per heavy atom. The van der Waals surface area contributed by atoms with E-state index in [1.807, 2.05) is 13.8 Å². The monoisotopic (exact) mass is 345 g/mol. The number of hydrogen-bond acceptors (Lipinski definition) is 4. The minimum atomic E-state index is -0.345. The highest BCUT2D eigenvalue weighted by molar-refractivity contribution is 5.90. The molecule has 1 aromatic carbocycles. The van der Waals surface area contributed by atoms with E-state index in [9.17, 15) is 9.18 Å². The average Bonchev–Trinajstić information content (AvgIpc) is 3.07. The smallest absolute Gasteiger partial charge is 0.293 e. The van der Waals surface area contributed by atoms with Crippen molar-refractivity contribution in [3.63, 3.8) is 0 Å². The second-order valence-electron chi connectivity index (χ2n) is 6.74. The second kappa shape index (κ2) is 7.31. The molecule has 6 nitrogen and oxygen atoms in total. The summed E-state index contributed by atoms with van der Waals surface area (Å²) in [6.45, 7) is 5.77. The van der Waals surface area contributed by atoms with Crippen molar-refractivity contribution in [3.8, 4) is 5.69 Å². The van der Waals surface area contributed by atoms with Gasteiger partial charge in [0.05, 0.1) is 5.69 Å². The summed E-state index contributed by atoms with van der Waals surface area (Å²) in [5.41, 5.74) is 0.569. The Morgan fingerprint density at radius 2 is 2.08 bits per heavy atom. The fourth-order valence-electron chi connectivity index (χ4n) is 3.10. The molecule has 25 heavy (non-hydrogen) atoms. The Morgan fingerprint density at radius 3 is 2.72 bits per heavy atom. The van der Waals surface area contributed by atoms with Gasteiger partial charge in [0.25, 0.3) is 5.91 Å². The number of benzene rings is 1. The standard InChI is InChI=1S/C18H24FN5O/c1-12(2)17-21-16(18(25)23(3)14-7-9-20-10-8-14)22-24(17)15-6-4-5-13(19)11-15/h4-6,11-12,14,20H,7-10H2,1-3H3. The van der Waals surface area contributed by atoms with E-state index in [0.29, 0.717) is 11.5 Å². The summed E-state index contributed by atoms with van der Waals surface area (Å²) in [7, 11) is 1.80. The van der Waals surface area contributed by atoms with Gasteiger partial charge in [0.2, 0.25) is 5.82 Å². The van der Waals surface area contributed by atoms with E-state index in [1.165, 1.54) is 12.1 Å². The van der Waals surface area contributed by atoms with E-state index >= 15 is 0 Å². The van der Waals surface area contributed by atoms with Crippen molar-refractivity contribution < 1.29 is 9.18 Å². The fraction of sp³-hybridized carbons (Fsp3) is 0.500. The molecule has 0 radical (unpaired) electrons. The number of rotatable bonds is 4. The molecule has 1 amide bonds. The van der Waals surface area contributed by atoms with Crippen LogP contribution in [0.1, 0.15) is 49.1 Å². The van der Waals surface area contributed by atoms with Crippen molar-refractivity contribution in [3.05, 3.63) is 41.7 Å². The number of piperidine rings is 1. The van der Waals surface area contributed by atoms with Gasteiger partial charge in [-0.05, 0) is 44.1 Å². The van der Waals surface area contributed by atoms with Crippen molar-refractivity contribution in [2.45, 2.75) is 38.6 Å². The summed E-state index contributed by atoms with van der Waals surface area (Å²) in [6.07, 6.45) is 1.84. The molecule has 0 spiro atoms. The first-order valence-corrected chi connectivity index (χ1v) is 8.68. The molecule has 1 aliphatic rings. The molecular formula is C18H24FN5O. The Balaban J connectivity index is 1.92. The Bertz CT molecular complexity index is 752. The molecular weight excluding hydrogens is 321 g/mol. The van der Waals surface area contributed by atoms with Crippen LogP contribution >= 0.6 is 0 Å². The number of carbonyl (C=O) groups is 1. The zero-order valence-corrected chi connectivity index (χ0v) is 14.9. The van der Waals surface area contributed by atoms with Crippen molar-refractivity contribution >= 4 is 5.91 Å². The van der Waals surface area contributed by atoms with Crippen LogP contribution in [-0.2, 0) is 0 Å². The molecule has 1 fully saturated rings. The number of carbonyl (C=O) groups excluding carboxylic acids is 1. The van der Waals surface area contributed by atoms with Gasteiger partial charge in [0.1, 0.15) is 11.6 Å². The van der Waals surface area contributed by atoms with E-state index in [2.05, 4.69) is 15.4 Å². The van der Waals surface area contributed by atoms with Gasteiger partial charge < -0.3 is 10.2 Å². The molecule has 0 bridgehead atoms. The maximum atomic E-state index is 13.6. The lowest BCUT2D eigenvalue weighted by Crippen LogP contribution is -2.44. The number of amides is 1. The second-order valence-corrected chi connectivity index (χ2v) is 6.74. The lowest BCUT2D eigenvalue weighted by Gasteiger charge is -2.30. The molecule has 7 heteroatoms. The predicted octanol–water partition coefficient (Wildman–Crippen LogP) is 2.35. The van der Waals surface area contributed by atoms with Crippen LogP contribution in [0.2, 0.25) is 0 Å². The first kappa shape index (κ1) is 17.5. The molecule has 0 atom stereocenters. The van der Waals surface area contributed by atoms with Crippen molar-refractivity contribution in [1.29, 1.82) is 0 Å². The van der Waals surface area contributed by atoms with Gasteiger partial charge in [-0.15, -0.1) is 5.10 Å². The van der Waals surface area contributed by atoms with Gasteiger partial charge in [-0.25, -0.2) is 14.1 Å². The Labute approximate surface area is 147 Å². The van der Waals surface area contributed by atoms with E-state index in [-0.39, 0.29) is 29.5 Å². The Hall–Kier alpha value is -2.28. The third-order valence-electron chi connectivity index (χ3n) is 4.57. The highest BCUT2D eigenvalue weighted by Crippen LogP contribution is 2.20. The van der Waals surface area contributed by atoms with Crippen molar-refractivity contribution in [1.82, 2.24) is 25.0 Å². The van der Waals surface area contributed by atoms with Crippen LogP contribution in [0.5, 0.6) is 0 Å². The van der Waals surface area contributed by atoms with Crippen LogP contribution < -0.4 is 5.32 Å². The average molecular weight is 345 g/mol. The highest BCUT2D eigenvalue weighted by atomic mass is 19.1. The predicted molar refractivity (Wildman–Crippen MR) is 93.4 cm³/mol. The van der Waals surface area contributed by atoms with E-state index in [0.717, 1.165) is 25.9 Å². The van der Waals surface area contributed by atoms with Gasteiger partial charge in [-0.1, -0.05) is 19.9 Å². The van der Waals surface area contributed by atoms with Crippen LogP contribution in [0.3, 0.4) is 0 Å². The van der Waals surface area contributed by atoms with Crippen LogP contribution in [0.15, 0.2) is 24.3 Å². The first-order valence-electron chi connectivity index (χ1n) is 8.68. The zero-order valence-electron chi connectivity index (χ0n) is 14.9. The molecule has 134 valence electrons.